The van der Waals surface area contributed by atoms with Gasteiger partial charge in [-0.1, -0.05) is 12.1 Å². The van der Waals surface area contributed by atoms with Gasteiger partial charge in [-0.2, -0.15) is 10.2 Å². The Morgan fingerprint density at radius 1 is 1.25 bits per heavy atom. The number of benzene rings is 1. The maximum absolute atomic E-state index is 12.1. The first-order valence-electron chi connectivity index (χ1n) is 7.38. The summed E-state index contributed by atoms with van der Waals surface area (Å²) < 4.78 is 6.23. The van der Waals surface area contributed by atoms with E-state index in [1.54, 1.807) is 57.4 Å². The van der Waals surface area contributed by atoms with Crippen LogP contribution in [0.2, 0.25) is 0 Å². The lowest BCUT2D eigenvalue weighted by molar-refractivity contribution is 0.101. The number of nitrogens with zero attached hydrogens (tertiary/aromatic N) is 3. The molecule has 0 radical (unpaired) electrons. The number of carbonyl (C=O) groups excluding carboxylic acids is 2. The Labute approximate surface area is 139 Å². The van der Waals surface area contributed by atoms with Crippen molar-refractivity contribution in [2.45, 2.75) is 13.8 Å². The van der Waals surface area contributed by atoms with Crippen molar-refractivity contribution < 1.29 is 14.3 Å². The fourth-order valence-electron chi connectivity index (χ4n) is 1.94. The van der Waals surface area contributed by atoms with E-state index in [2.05, 4.69) is 20.9 Å². The maximum Gasteiger partial charge on any atom is 0.427 e. The zero-order valence-electron chi connectivity index (χ0n) is 13.7. The van der Waals surface area contributed by atoms with Crippen LogP contribution in [0.3, 0.4) is 0 Å². The average molecular weight is 329 g/mol. The number of amides is 2. The largest absolute Gasteiger partial charge is 0.449 e. The number of ether oxygens (including phenoxy) is 1. The molecule has 24 heavy (non-hydrogen) atoms. The van der Waals surface area contributed by atoms with Crippen LogP contribution in [0.5, 0.6) is 0 Å². The van der Waals surface area contributed by atoms with E-state index in [-0.39, 0.29) is 12.5 Å². The molecule has 2 aromatic rings. The number of hydrazone groups is 1. The highest BCUT2D eigenvalue weighted by Crippen LogP contribution is 2.12. The SMILES string of the molecule is CCOC(=O)NN=C(C)c1ccc(NC(=O)c2ccnn2C)cc1. The van der Waals surface area contributed by atoms with E-state index in [9.17, 15) is 9.59 Å². The van der Waals surface area contributed by atoms with E-state index < -0.39 is 6.09 Å². The zero-order valence-corrected chi connectivity index (χ0v) is 13.7. The lowest BCUT2D eigenvalue weighted by Gasteiger charge is -2.07. The summed E-state index contributed by atoms with van der Waals surface area (Å²) in [6, 6.07) is 8.75. The van der Waals surface area contributed by atoms with Gasteiger partial charge >= 0.3 is 6.09 Å². The van der Waals surface area contributed by atoms with E-state index in [0.717, 1.165) is 5.56 Å². The van der Waals surface area contributed by atoms with Crippen LogP contribution in [0.1, 0.15) is 29.9 Å². The van der Waals surface area contributed by atoms with Gasteiger partial charge in [0.1, 0.15) is 5.69 Å². The second-order valence-corrected chi connectivity index (χ2v) is 4.90. The second-order valence-electron chi connectivity index (χ2n) is 4.90. The summed E-state index contributed by atoms with van der Waals surface area (Å²) in [5.41, 5.74) is 4.85. The van der Waals surface area contributed by atoms with E-state index in [4.69, 9.17) is 4.74 Å². The molecule has 8 nitrogen and oxygen atoms in total. The second kappa shape index (κ2) is 7.91. The molecule has 2 rings (SSSR count). The quantitative estimate of drug-likeness (QED) is 0.648. The van der Waals surface area contributed by atoms with Crippen LogP contribution < -0.4 is 10.7 Å². The van der Waals surface area contributed by atoms with Gasteiger partial charge in [-0.3, -0.25) is 9.48 Å². The number of aromatic nitrogens is 2. The number of hydrogen-bond donors (Lipinski definition) is 2. The van der Waals surface area contributed by atoms with E-state index >= 15 is 0 Å². The van der Waals surface area contributed by atoms with Gasteiger partial charge in [-0.05, 0) is 37.6 Å². The number of nitrogens with one attached hydrogen (secondary N) is 2. The lowest BCUT2D eigenvalue weighted by atomic mass is 10.1. The Balaban J connectivity index is 2.00. The molecule has 0 aliphatic carbocycles. The van der Waals surface area contributed by atoms with E-state index in [1.807, 2.05) is 0 Å². The van der Waals surface area contributed by atoms with Crippen LogP contribution in [0.15, 0.2) is 41.6 Å². The number of rotatable bonds is 5. The van der Waals surface area contributed by atoms with Crippen LogP contribution in [0.25, 0.3) is 0 Å². The molecule has 0 unspecified atom stereocenters. The molecule has 0 spiro atoms. The van der Waals surface area contributed by atoms with Crippen molar-refractivity contribution >= 4 is 23.4 Å². The predicted molar refractivity (Wildman–Crippen MR) is 90.0 cm³/mol. The van der Waals surface area contributed by atoms with Crippen LogP contribution >= 0.6 is 0 Å². The first-order valence-corrected chi connectivity index (χ1v) is 7.38. The molecule has 126 valence electrons. The topological polar surface area (TPSA) is 97.6 Å². The molecule has 1 aromatic heterocycles. The molecule has 0 saturated carbocycles. The van der Waals surface area contributed by atoms with Gasteiger partial charge in [0.25, 0.3) is 5.91 Å². The Morgan fingerprint density at radius 2 is 1.96 bits per heavy atom. The van der Waals surface area contributed by atoms with Gasteiger partial charge in [-0.15, -0.1) is 0 Å². The molecule has 0 atom stereocenters. The molecule has 1 heterocycles. The highest BCUT2D eigenvalue weighted by atomic mass is 16.5. The molecule has 0 aliphatic rings. The van der Waals surface area contributed by atoms with Crippen molar-refractivity contribution in [1.82, 2.24) is 15.2 Å². The van der Waals surface area contributed by atoms with Gasteiger partial charge in [-0.25, -0.2) is 10.2 Å². The molecule has 2 amide bonds. The van der Waals surface area contributed by atoms with Crippen LogP contribution in [0, 0.1) is 0 Å². The van der Waals surface area contributed by atoms with Gasteiger partial charge in [0.2, 0.25) is 0 Å². The Bertz CT molecular complexity index is 749. The summed E-state index contributed by atoms with van der Waals surface area (Å²) in [7, 11) is 1.70. The third-order valence-electron chi connectivity index (χ3n) is 3.20. The summed E-state index contributed by atoms with van der Waals surface area (Å²) in [6.45, 7) is 3.76. The minimum Gasteiger partial charge on any atom is -0.449 e. The molecule has 0 aliphatic heterocycles. The van der Waals surface area contributed by atoms with Crippen LogP contribution in [-0.2, 0) is 11.8 Å². The zero-order chi connectivity index (χ0) is 17.5. The number of carbonyl (C=O) groups is 2. The molecular weight excluding hydrogens is 310 g/mol. The Hall–Kier alpha value is -3.16. The summed E-state index contributed by atoms with van der Waals surface area (Å²) in [4.78, 5) is 23.3. The van der Waals surface area contributed by atoms with Gasteiger partial charge in [0, 0.05) is 18.9 Å². The smallest absolute Gasteiger partial charge is 0.427 e. The molecule has 8 heteroatoms. The van der Waals surface area contributed by atoms with E-state index in [0.29, 0.717) is 17.1 Å². The van der Waals surface area contributed by atoms with Crippen molar-refractivity contribution in [2.75, 3.05) is 11.9 Å². The standard InChI is InChI=1S/C16H19N5O3/c1-4-24-16(23)20-19-11(2)12-5-7-13(8-6-12)18-15(22)14-9-10-17-21(14)3/h5-10H,4H2,1-3H3,(H,18,22)(H,20,23). The monoisotopic (exact) mass is 329 g/mol. The van der Waals surface area contributed by atoms with Gasteiger partial charge < -0.3 is 10.1 Å². The fraction of sp³-hybridized carbons (Fsp3) is 0.250. The normalized spacial score (nSPS) is 11.0. The summed E-state index contributed by atoms with van der Waals surface area (Å²) >= 11 is 0. The Kier molecular flexibility index (Phi) is 5.67. The minimum absolute atomic E-state index is 0.239. The minimum atomic E-state index is -0.600. The van der Waals surface area contributed by atoms with Gasteiger partial charge in [0.15, 0.2) is 0 Å². The molecule has 0 fully saturated rings. The average Bonchev–Trinajstić information content (AvgIpc) is 3.00. The third kappa shape index (κ3) is 4.42. The number of aryl methyl sites for hydroxylation is 1. The number of hydrogen-bond acceptors (Lipinski definition) is 5. The third-order valence-corrected chi connectivity index (χ3v) is 3.20. The molecule has 0 saturated heterocycles. The highest BCUT2D eigenvalue weighted by Gasteiger charge is 2.10. The van der Waals surface area contributed by atoms with Gasteiger partial charge in [0.05, 0.1) is 12.3 Å². The van der Waals surface area contributed by atoms with Crippen LogP contribution in [-0.4, -0.2) is 34.1 Å². The highest BCUT2D eigenvalue weighted by molar-refractivity contribution is 6.03. The maximum atomic E-state index is 12.1. The molecule has 1 aromatic carbocycles. The van der Waals surface area contributed by atoms with Crippen molar-refractivity contribution in [2.24, 2.45) is 12.1 Å². The summed E-state index contributed by atoms with van der Waals surface area (Å²) in [5.74, 6) is -0.239. The van der Waals surface area contributed by atoms with Crippen molar-refractivity contribution in [3.8, 4) is 0 Å². The summed E-state index contributed by atoms with van der Waals surface area (Å²) in [6.07, 6.45) is 0.964. The van der Waals surface area contributed by atoms with Crippen molar-refractivity contribution in [3.05, 3.63) is 47.8 Å². The first-order chi connectivity index (χ1) is 11.5. The number of anilines is 1. The molecule has 0 bridgehead atoms. The van der Waals surface area contributed by atoms with E-state index in [1.165, 1.54) is 4.68 Å². The molecular formula is C16H19N5O3. The molecule has 2 N–H and O–H groups in total. The Morgan fingerprint density at radius 3 is 2.54 bits per heavy atom. The lowest BCUT2D eigenvalue weighted by Crippen LogP contribution is -2.20. The predicted octanol–water partition coefficient (Wildman–Crippen LogP) is 2.14. The first kappa shape index (κ1) is 17.2. The van der Waals surface area contributed by atoms with Crippen LogP contribution in [0.4, 0.5) is 10.5 Å². The summed E-state index contributed by atoms with van der Waals surface area (Å²) in [5, 5.41) is 10.7. The van der Waals surface area contributed by atoms with Crippen molar-refractivity contribution in [3.63, 3.8) is 0 Å². The fourth-order valence-corrected chi connectivity index (χ4v) is 1.94. The van der Waals surface area contributed by atoms with Crippen molar-refractivity contribution in [1.29, 1.82) is 0 Å².